The molecule has 0 aromatic carbocycles. The topological polar surface area (TPSA) is 71.3 Å². The maximum absolute atomic E-state index is 11.6. The molecule has 8 heteroatoms. The lowest BCUT2D eigenvalue weighted by Gasteiger charge is -2.31. The number of rotatable bonds is 5. The van der Waals surface area contributed by atoms with E-state index in [9.17, 15) is 10.1 Å². The van der Waals surface area contributed by atoms with Crippen molar-refractivity contribution < 1.29 is 4.92 Å². The van der Waals surface area contributed by atoms with Gasteiger partial charge in [0, 0.05) is 36.8 Å². The van der Waals surface area contributed by atoms with Crippen molar-refractivity contribution in [2.45, 2.75) is 13.0 Å². The van der Waals surface area contributed by atoms with Crippen molar-refractivity contribution in [2.24, 2.45) is 0 Å². The van der Waals surface area contributed by atoms with Crippen molar-refractivity contribution in [3.8, 4) is 0 Å². The zero-order valence-electron chi connectivity index (χ0n) is 13.4. The lowest BCUT2D eigenvalue weighted by Crippen LogP contribution is -2.40. The first-order valence-electron chi connectivity index (χ1n) is 7.83. The van der Waals surface area contributed by atoms with E-state index in [0.717, 1.165) is 30.0 Å². The van der Waals surface area contributed by atoms with Crippen LogP contribution in [0.5, 0.6) is 0 Å². The Morgan fingerprint density at radius 2 is 2.36 bits per heavy atom. The number of allylic oxidation sites excluding steroid dienone is 1. The van der Waals surface area contributed by atoms with Crippen LogP contribution in [0.1, 0.15) is 16.9 Å². The smallest absolute Gasteiger partial charge is 0.309 e. The molecule has 0 spiro atoms. The highest BCUT2D eigenvalue weighted by Crippen LogP contribution is 2.20. The number of nitrogens with one attached hydrogen (secondary N) is 1. The Labute approximate surface area is 154 Å². The van der Waals surface area contributed by atoms with Crippen LogP contribution in [0.15, 0.2) is 53.4 Å². The number of nitro groups is 1. The maximum atomic E-state index is 11.6. The Kier molecular flexibility index (Phi) is 5.67. The summed E-state index contributed by atoms with van der Waals surface area (Å²) in [5.41, 5.74) is 1.02. The van der Waals surface area contributed by atoms with Gasteiger partial charge in [-0.2, -0.15) is 0 Å². The van der Waals surface area contributed by atoms with Gasteiger partial charge < -0.3 is 10.2 Å². The molecule has 2 aromatic heterocycles. The van der Waals surface area contributed by atoms with Crippen LogP contribution in [-0.4, -0.2) is 27.9 Å². The SMILES string of the molecule is O=[N+]([O-])C(/C=C/c1cccs1)=C1\NCCCN1Cc1ccc(Cl)nc1. The van der Waals surface area contributed by atoms with Gasteiger partial charge in [-0.15, -0.1) is 11.3 Å². The van der Waals surface area contributed by atoms with Crippen LogP contribution in [0.25, 0.3) is 6.08 Å². The minimum atomic E-state index is -0.342. The fraction of sp³-hybridized carbons (Fsp3) is 0.235. The van der Waals surface area contributed by atoms with Crippen molar-refractivity contribution in [1.29, 1.82) is 0 Å². The third-order valence-corrected chi connectivity index (χ3v) is 4.82. The normalized spacial score (nSPS) is 16.8. The molecule has 25 heavy (non-hydrogen) atoms. The predicted molar refractivity (Wildman–Crippen MR) is 99.7 cm³/mol. The summed E-state index contributed by atoms with van der Waals surface area (Å²) >= 11 is 7.36. The molecule has 1 saturated heterocycles. The highest BCUT2D eigenvalue weighted by molar-refractivity contribution is 7.10. The average molecular weight is 377 g/mol. The van der Waals surface area contributed by atoms with Crippen molar-refractivity contribution in [3.63, 3.8) is 0 Å². The molecular weight excluding hydrogens is 360 g/mol. The van der Waals surface area contributed by atoms with Gasteiger partial charge >= 0.3 is 5.70 Å². The molecule has 0 radical (unpaired) electrons. The van der Waals surface area contributed by atoms with Crippen LogP contribution >= 0.6 is 22.9 Å². The third-order valence-electron chi connectivity index (χ3n) is 3.76. The van der Waals surface area contributed by atoms with Crippen LogP contribution in [0.4, 0.5) is 0 Å². The van der Waals surface area contributed by atoms with Gasteiger partial charge in [0.2, 0.25) is 0 Å². The molecule has 0 aliphatic carbocycles. The summed E-state index contributed by atoms with van der Waals surface area (Å²) in [5.74, 6) is 0.541. The Bertz CT molecular complexity index is 787. The van der Waals surface area contributed by atoms with E-state index >= 15 is 0 Å². The second-order valence-electron chi connectivity index (χ2n) is 5.53. The van der Waals surface area contributed by atoms with E-state index in [4.69, 9.17) is 11.6 Å². The number of thiophene rings is 1. The van der Waals surface area contributed by atoms with Crippen LogP contribution in [0, 0.1) is 10.1 Å². The number of halogens is 1. The molecule has 2 aromatic rings. The van der Waals surface area contributed by atoms with Gasteiger partial charge in [-0.25, -0.2) is 4.98 Å². The van der Waals surface area contributed by atoms with Crippen molar-refractivity contribution in [3.05, 3.63) is 79.1 Å². The molecule has 6 nitrogen and oxygen atoms in total. The summed E-state index contributed by atoms with van der Waals surface area (Å²) in [7, 11) is 0. The number of nitrogens with zero attached hydrogens (tertiary/aromatic N) is 3. The number of hydrogen-bond acceptors (Lipinski definition) is 6. The minimum absolute atomic E-state index is 0.0648. The van der Waals surface area contributed by atoms with Gasteiger partial charge in [0.1, 0.15) is 5.15 Å². The summed E-state index contributed by atoms with van der Waals surface area (Å²) in [6.07, 6.45) is 5.95. The largest absolute Gasteiger partial charge is 0.366 e. The summed E-state index contributed by atoms with van der Waals surface area (Å²) in [6, 6.07) is 7.45. The maximum Gasteiger partial charge on any atom is 0.309 e. The monoisotopic (exact) mass is 376 g/mol. The van der Waals surface area contributed by atoms with Gasteiger partial charge in [-0.05, 0) is 35.6 Å². The van der Waals surface area contributed by atoms with Gasteiger partial charge in [0.15, 0.2) is 5.82 Å². The fourth-order valence-corrected chi connectivity index (χ4v) is 3.33. The van der Waals surface area contributed by atoms with Gasteiger partial charge in [0.25, 0.3) is 0 Å². The molecule has 0 unspecified atom stereocenters. The molecule has 0 amide bonds. The summed E-state index contributed by atoms with van der Waals surface area (Å²) in [5, 5.41) is 17.2. The van der Waals surface area contributed by atoms with Crippen LogP contribution in [0.3, 0.4) is 0 Å². The van der Waals surface area contributed by atoms with E-state index in [1.807, 2.05) is 28.5 Å². The van der Waals surface area contributed by atoms with E-state index < -0.39 is 0 Å². The van der Waals surface area contributed by atoms with Gasteiger partial charge in [0.05, 0.1) is 4.92 Å². The second-order valence-corrected chi connectivity index (χ2v) is 6.90. The Morgan fingerprint density at radius 1 is 1.48 bits per heavy atom. The summed E-state index contributed by atoms with van der Waals surface area (Å²) < 4.78 is 0. The molecule has 1 fully saturated rings. The van der Waals surface area contributed by atoms with E-state index in [-0.39, 0.29) is 10.6 Å². The second kappa shape index (κ2) is 8.13. The molecular formula is C17H17ClN4O2S. The minimum Gasteiger partial charge on any atom is -0.366 e. The van der Waals surface area contributed by atoms with Crippen LogP contribution in [-0.2, 0) is 6.54 Å². The van der Waals surface area contributed by atoms with Gasteiger partial charge in [-0.1, -0.05) is 23.7 Å². The lowest BCUT2D eigenvalue weighted by molar-refractivity contribution is -0.421. The fourth-order valence-electron chi connectivity index (χ4n) is 2.60. The molecule has 3 heterocycles. The quantitative estimate of drug-likeness (QED) is 0.489. The summed E-state index contributed by atoms with van der Waals surface area (Å²) in [4.78, 5) is 18.3. The van der Waals surface area contributed by atoms with Crippen LogP contribution in [0.2, 0.25) is 5.15 Å². The zero-order chi connectivity index (χ0) is 17.6. The summed E-state index contributed by atoms with van der Waals surface area (Å²) in [6.45, 7) is 2.00. The molecule has 0 saturated carbocycles. The first-order chi connectivity index (χ1) is 12.1. The van der Waals surface area contributed by atoms with Gasteiger partial charge in [-0.3, -0.25) is 10.1 Å². The Morgan fingerprint density at radius 3 is 3.04 bits per heavy atom. The van der Waals surface area contributed by atoms with E-state index in [0.29, 0.717) is 17.5 Å². The molecule has 1 N–H and O–H groups in total. The van der Waals surface area contributed by atoms with Crippen molar-refractivity contribution in [2.75, 3.05) is 13.1 Å². The molecule has 1 aliphatic rings. The average Bonchev–Trinajstić information content (AvgIpc) is 3.12. The Balaban J connectivity index is 1.88. The van der Waals surface area contributed by atoms with E-state index in [1.54, 1.807) is 35.8 Å². The number of hydrogen-bond donors (Lipinski definition) is 1. The molecule has 1 aliphatic heterocycles. The lowest BCUT2D eigenvalue weighted by atomic mass is 10.2. The standard InChI is InChI=1S/C17H17ClN4O2S/c18-16-7-4-13(11-20-16)12-21-9-2-8-19-17(21)15(22(23)24)6-5-14-3-1-10-25-14/h1,3-7,10-11,19H,2,8-9,12H2/b6-5+,17-15+. The molecule has 3 rings (SSSR count). The highest BCUT2D eigenvalue weighted by atomic mass is 35.5. The first-order valence-corrected chi connectivity index (χ1v) is 9.09. The molecule has 0 atom stereocenters. The van der Waals surface area contributed by atoms with E-state index in [1.165, 1.54) is 0 Å². The molecule has 0 bridgehead atoms. The first kappa shape index (κ1) is 17.4. The number of aromatic nitrogens is 1. The zero-order valence-corrected chi connectivity index (χ0v) is 15.0. The molecule has 130 valence electrons. The van der Waals surface area contributed by atoms with Crippen molar-refractivity contribution >= 4 is 29.0 Å². The highest BCUT2D eigenvalue weighted by Gasteiger charge is 2.24. The predicted octanol–water partition coefficient (Wildman–Crippen LogP) is 3.75. The van der Waals surface area contributed by atoms with E-state index in [2.05, 4.69) is 10.3 Å². The Hall–Kier alpha value is -2.38. The van der Waals surface area contributed by atoms with Crippen LogP contribution < -0.4 is 5.32 Å². The third kappa shape index (κ3) is 4.58. The van der Waals surface area contributed by atoms with Crippen molar-refractivity contribution in [1.82, 2.24) is 15.2 Å². The number of pyridine rings is 1.